The molecular formula is C14H21N5OS. The highest BCUT2D eigenvalue weighted by molar-refractivity contribution is 7.09. The van der Waals surface area contributed by atoms with Gasteiger partial charge in [-0.2, -0.15) is 5.10 Å². The molecule has 3 rings (SSSR count). The number of hydrogen-bond donors (Lipinski definition) is 0. The van der Waals surface area contributed by atoms with Crippen molar-refractivity contribution in [1.82, 2.24) is 24.6 Å². The van der Waals surface area contributed by atoms with E-state index in [9.17, 15) is 0 Å². The minimum atomic E-state index is 0.170. The quantitative estimate of drug-likeness (QED) is 0.842. The summed E-state index contributed by atoms with van der Waals surface area (Å²) < 4.78 is 7.64. The van der Waals surface area contributed by atoms with Crippen molar-refractivity contribution in [3.05, 3.63) is 28.7 Å². The zero-order valence-electron chi connectivity index (χ0n) is 12.5. The standard InChI is InChI=1S/C14H21N5OS/c1-11(2)14-17-12(8-21-14)5-18-3-4-20-13(6-18)7-19-10-15-9-16-19/h8-11,13H,3-7H2,1-2H3/t13-/m0/s1. The molecule has 1 fully saturated rings. The Balaban J connectivity index is 1.55. The highest BCUT2D eigenvalue weighted by atomic mass is 32.1. The Morgan fingerprint density at radius 3 is 3.10 bits per heavy atom. The Labute approximate surface area is 128 Å². The van der Waals surface area contributed by atoms with Crippen molar-refractivity contribution < 1.29 is 4.74 Å². The second-order valence-electron chi connectivity index (χ2n) is 5.68. The molecule has 0 amide bonds. The first-order chi connectivity index (χ1) is 10.2. The van der Waals surface area contributed by atoms with Crippen molar-refractivity contribution in [2.45, 2.75) is 39.0 Å². The van der Waals surface area contributed by atoms with Gasteiger partial charge in [-0.05, 0) is 0 Å². The number of ether oxygens (including phenoxy) is 1. The molecular weight excluding hydrogens is 286 g/mol. The van der Waals surface area contributed by atoms with Gasteiger partial charge in [0.25, 0.3) is 0 Å². The molecule has 114 valence electrons. The first kappa shape index (κ1) is 14.6. The summed E-state index contributed by atoms with van der Waals surface area (Å²) in [7, 11) is 0. The number of morpholine rings is 1. The summed E-state index contributed by atoms with van der Waals surface area (Å²) in [6.07, 6.45) is 3.46. The molecule has 1 atom stereocenters. The van der Waals surface area contributed by atoms with E-state index < -0.39 is 0 Å². The van der Waals surface area contributed by atoms with Gasteiger partial charge in [-0.25, -0.2) is 9.97 Å². The van der Waals surface area contributed by atoms with Gasteiger partial charge in [0.05, 0.1) is 30.0 Å². The molecule has 0 spiro atoms. The predicted molar refractivity (Wildman–Crippen MR) is 81.2 cm³/mol. The van der Waals surface area contributed by atoms with E-state index in [1.165, 1.54) is 10.7 Å². The average Bonchev–Trinajstić information content (AvgIpc) is 3.11. The number of rotatable bonds is 5. The Hall–Kier alpha value is -1.31. The molecule has 0 saturated carbocycles. The van der Waals surface area contributed by atoms with Crippen LogP contribution < -0.4 is 0 Å². The molecule has 1 saturated heterocycles. The highest BCUT2D eigenvalue weighted by Crippen LogP contribution is 2.20. The topological polar surface area (TPSA) is 56.1 Å². The number of nitrogens with zero attached hydrogens (tertiary/aromatic N) is 5. The largest absolute Gasteiger partial charge is 0.374 e. The summed E-state index contributed by atoms with van der Waals surface area (Å²) in [6, 6.07) is 0. The second kappa shape index (κ2) is 6.64. The number of aromatic nitrogens is 4. The van der Waals surface area contributed by atoms with Crippen molar-refractivity contribution in [1.29, 1.82) is 0 Å². The van der Waals surface area contributed by atoms with Crippen LogP contribution in [0.25, 0.3) is 0 Å². The summed E-state index contributed by atoms with van der Waals surface area (Å²) in [6.45, 7) is 8.67. The lowest BCUT2D eigenvalue weighted by molar-refractivity contribution is -0.0405. The zero-order valence-corrected chi connectivity index (χ0v) is 13.3. The minimum Gasteiger partial charge on any atom is -0.374 e. The van der Waals surface area contributed by atoms with E-state index in [-0.39, 0.29) is 6.10 Å². The predicted octanol–water partition coefficient (Wildman–Crippen LogP) is 1.76. The van der Waals surface area contributed by atoms with Gasteiger partial charge in [-0.1, -0.05) is 13.8 Å². The molecule has 0 aliphatic carbocycles. The molecule has 1 aliphatic heterocycles. The van der Waals surface area contributed by atoms with Crippen LogP contribution in [0.4, 0.5) is 0 Å². The molecule has 2 aromatic heterocycles. The van der Waals surface area contributed by atoms with Crippen molar-refractivity contribution >= 4 is 11.3 Å². The van der Waals surface area contributed by atoms with E-state index in [0.29, 0.717) is 5.92 Å². The molecule has 2 aromatic rings. The van der Waals surface area contributed by atoms with Crippen LogP contribution in [0.1, 0.15) is 30.5 Å². The first-order valence-electron chi connectivity index (χ1n) is 7.31. The first-order valence-corrected chi connectivity index (χ1v) is 8.19. The third-order valence-electron chi connectivity index (χ3n) is 3.53. The molecule has 0 radical (unpaired) electrons. The summed E-state index contributed by atoms with van der Waals surface area (Å²) in [5, 5.41) is 7.54. The third kappa shape index (κ3) is 3.87. The summed E-state index contributed by atoms with van der Waals surface area (Å²) in [5.41, 5.74) is 1.17. The molecule has 0 aromatic carbocycles. The summed E-state index contributed by atoms with van der Waals surface area (Å²) >= 11 is 1.76. The van der Waals surface area contributed by atoms with Crippen LogP contribution in [-0.4, -0.2) is 50.4 Å². The summed E-state index contributed by atoms with van der Waals surface area (Å²) in [4.78, 5) is 11.1. The molecule has 3 heterocycles. The van der Waals surface area contributed by atoms with Crippen molar-refractivity contribution in [2.75, 3.05) is 19.7 Å². The smallest absolute Gasteiger partial charge is 0.137 e. The molecule has 7 heteroatoms. The maximum atomic E-state index is 5.81. The fourth-order valence-corrected chi connectivity index (χ4v) is 3.29. The van der Waals surface area contributed by atoms with E-state index in [0.717, 1.165) is 32.8 Å². The van der Waals surface area contributed by atoms with Crippen LogP contribution in [0.3, 0.4) is 0 Å². The normalized spacial score (nSPS) is 20.2. The molecule has 1 aliphatic rings. The fourth-order valence-electron chi connectivity index (χ4n) is 2.46. The van der Waals surface area contributed by atoms with Crippen LogP contribution in [0.2, 0.25) is 0 Å². The molecule has 0 N–H and O–H groups in total. The lowest BCUT2D eigenvalue weighted by Crippen LogP contribution is -2.43. The molecule has 6 nitrogen and oxygen atoms in total. The van der Waals surface area contributed by atoms with Crippen molar-refractivity contribution in [3.63, 3.8) is 0 Å². The molecule has 0 bridgehead atoms. The van der Waals surface area contributed by atoms with Crippen LogP contribution in [0.5, 0.6) is 0 Å². The Morgan fingerprint density at radius 1 is 1.48 bits per heavy atom. The minimum absolute atomic E-state index is 0.170. The molecule has 0 unspecified atom stereocenters. The van der Waals surface area contributed by atoms with Gasteiger partial charge >= 0.3 is 0 Å². The van der Waals surface area contributed by atoms with Gasteiger partial charge in [0.2, 0.25) is 0 Å². The van der Waals surface area contributed by atoms with Gasteiger partial charge in [-0.15, -0.1) is 11.3 Å². The van der Waals surface area contributed by atoms with E-state index in [2.05, 4.69) is 34.2 Å². The zero-order chi connectivity index (χ0) is 14.7. The SMILES string of the molecule is CC(C)c1nc(CN2CCO[C@H](Cn3cncn3)C2)cs1. The molecule has 21 heavy (non-hydrogen) atoms. The number of hydrogen-bond acceptors (Lipinski definition) is 6. The highest BCUT2D eigenvalue weighted by Gasteiger charge is 2.22. The maximum absolute atomic E-state index is 5.81. The van der Waals surface area contributed by atoms with Crippen molar-refractivity contribution in [2.24, 2.45) is 0 Å². The van der Waals surface area contributed by atoms with E-state index >= 15 is 0 Å². The van der Waals surface area contributed by atoms with Crippen LogP contribution >= 0.6 is 11.3 Å². The van der Waals surface area contributed by atoms with Gasteiger partial charge < -0.3 is 4.74 Å². The Kier molecular flexibility index (Phi) is 4.62. The Morgan fingerprint density at radius 2 is 2.38 bits per heavy atom. The van der Waals surface area contributed by atoms with E-state index in [4.69, 9.17) is 9.72 Å². The van der Waals surface area contributed by atoms with Crippen LogP contribution in [-0.2, 0) is 17.8 Å². The van der Waals surface area contributed by atoms with Gasteiger partial charge in [0, 0.05) is 30.9 Å². The second-order valence-corrected chi connectivity index (χ2v) is 6.57. The van der Waals surface area contributed by atoms with Crippen LogP contribution in [0.15, 0.2) is 18.0 Å². The summed E-state index contributed by atoms with van der Waals surface area (Å²) in [5.74, 6) is 0.508. The van der Waals surface area contributed by atoms with Crippen LogP contribution in [0, 0.1) is 0 Å². The lowest BCUT2D eigenvalue weighted by Gasteiger charge is -2.32. The lowest BCUT2D eigenvalue weighted by atomic mass is 10.2. The monoisotopic (exact) mass is 307 g/mol. The van der Waals surface area contributed by atoms with Gasteiger partial charge in [0.15, 0.2) is 0 Å². The van der Waals surface area contributed by atoms with Gasteiger partial charge in [0.1, 0.15) is 12.7 Å². The van der Waals surface area contributed by atoms with E-state index in [1.54, 1.807) is 24.0 Å². The maximum Gasteiger partial charge on any atom is 0.137 e. The van der Waals surface area contributed by atoms with Crippen molar-refractivity contribution in [3.8, 4) is 0 Å². The third-order valence-corrected chi connectivity index (χ3v) is 4.72. The Bertz CT molecular complexity index is 553. The average molecular weight is 307 g/mol. The fraction of sp³-hybridized carbons (Fsp3) is 0.643. The van der Waals surface area contributed by atoms with Gasteiger partial charge in [-0.3, -0.25) is 9.58 Å². The number of thiazole rings is 1. The van der Waals surface area contributed by atoms with E-state index in [1.807, 2.05) is 4.68 Å².